The molecule has 0 aliphatic carbocycles. The average Bonchev–Trinajstić information content (AvgIpc) is 3.23. The lowest BCUT2D eigenvalue weighted by atomic mass is 10.0. The van der Waals surface area contributed by atoms with E-state index in [0.717, 1.165) is 18.5 Å². The summed E-state index contributed by atoms with van der Waals surface area (Å²) < 4.78 is 5.76. The first-order chi connectivity index (χ1) is 14.7. The number of nitrogens with zero attached hydrogens (tertiary/aromatic N) is 2. The first-order valence-corrected chi connectivity index (χ1v) is 10.4. The van der Waals surface area contributed by atoms with Crippen LogP contribution >= 0.6 is 0 Å². The first kappa shape index (κ1) is 20.8. The minimum Gasteiger partial charge on any atom is -0.476 e. The van der Waals surface area contributed by atoms with Gasteiger partial charge in [-0.1, -0.05) is 0 Å². The molecule has 8 heteroatoms. The smallest absolute Gasteiger partial charge is 0.268 e. The van der Waals surface area contributed by atoms with Crippen molar-refractivity contribution >= 4 is 23.4 Å². The van der Waals surface area contributed by atoms with Crippen LogP contribution in [0.1, 0.15) is 64.8 Å². The molecule has 0 radical (unpaired) electrons. The van der Waals surface area contributed by atoms with E-state index in [1.54, 1.807) is 57.0 Å². The third-order valence-electron chi connectivity index (χ3n) is 5.82. The standard InChI is InChI=1S/C23H26N4O4/c1-13-15(20(28)24-4)8-9-16(25-13)18-6-5-11-27(18)21(29)14-7-10-19-17(12-14)26-22(30)23(2,3)31-19/h7-10,12,18H,5-6,11H2,1-4H3,(H,24,28)(H,26,30)/t18-/m0/s1. The molecule has 1 aromatic heterocycles. The number of benzene rings is 1. The highest BCUT2D eigenvalue weighted by atomic mass is 16.5. The Morgan fingerprint density at radius 1 is 1.26 bits per heavy atom. The number of amides is 3. The molecule has 0 bridgehead atoms. The maximum Gasteiger partial charge on any atom is 0.268 e. The molecule has 0 unspecified atom stereocenters. The van der Waals surface area contributed by atoms with Crippen molar-refractivity contribution in [3.05, 3.63) is 52.8 Å². The van der Waals surface area contributed by atoms with Crippen LogP contribution in [-0.4, -0.2) is 46.8 Å². The summed E-state index contributed by atoms with van der Waals surface area (Å²) in [4.78, 5) is 43.9. The van der Waals surface area contributed by atoms with E-state index in [9.17, 15) is 14.4 Å². The van der Waals surface area contributed by atoms with E-state index in [-0.39, 0.29) is 23.8 Å². The number of carbonyl (C=O) groups is 3. The van der Waals surface area contributed by atoms with Crippen molar-refractivity contribution in [2.45, 2.75) is 45.3 Å². The Kier molecular flexibility index (Phi) is 5.16. The summed E-state index contributed by atoms with van der Waals surface area (Å²) in [6.45, 7) is 5.81. The van der Waals surface area contributed by atoms with E-state index >= 15 is 0 Å². The van der Waals surface area contributed by atoms with Crippen LogP contribution in [-0.2, 0) is 4.79 Å². The summed E-state index contributed by atoms with van der Waals surface area (Å²) in [5, 5.41) is 5.43. The molecule has 8 nitrogen and oxygen atoms in total. The molecule has 2 N–H and O–H groups in total. The summed E-state index contributed by atoms with van der Waals surface area (Å²) in [6.07, 6.45) is 1.67. The number of likely N-dealkylation sites (tertiary alicyclic amines) is 1. The van der Waals surface area contributed by atoms with Gasteiger partial charge in [-0.2, -0.15) is 0 Å². The number of anilines is 1. The number of aryl methyl sites for hydroxylation is 1. The van der Waals surface area contributed by atoms with Gasteiger partial charge in [-0.05, 0) is 63.9 Å². The minimum absolute atomic E-state index is 0.126. The number of nitrogens with one attached hydrogen (secondary N) is 2. The second-order valence-corrected chi connectivity index (χ2v) is 8.38. The summed E-state index contributed by atoms with van der Waals surface area (Å²) in [7, 11) is 1.58. The van der Waals surface area contributed by atoms with Crippen LogP contribution in [0.3, 0.4) is 0 Å². The fraction of sp³-hybridized carbons (Fsp3) is 0.391. The molecule has 0 saturated carbocycles. The zero-order valence-electron chi connectivity index (χ0n) is 18.1. The van der Waals surface area contributed by atoms with Crippen molar-refractivity contribution in [2.75, 3.05) is 18.9 Å². The predicted molar refractivity (Wildman–Crippen MR) is 115 cm³/mol. The van der Waals surface area contributed by atoms with Crippen molar-refractivity contribution in [3.8, 4) is 5.75 Å². The summed E-state index contributed by atoms with van der Waals surface area (Å²) in [5.41, 5.74) is 1.95. The highest BCUT2D eigenvalue weighted by Crippen LogP contribution is 2.36. The third-order valence-corrected chi connectivity index (χ3v) is 5.82. The lowest BCUT2D eigenvalue weighted by Gasteiger charge is -2.32. The first-order valence-electron chi connectivity index (χ1n) is 10.4. The van der Waals surface area contributed by atoms with E-state index in [1.807, 2.05) is 6.07 Å². The number of aromatic nitrogens is 1. The highest BCUT2D eigenvalue weighted by Gasteiger charge is 2.37. The second-order valence-electron chi connectivity index (χ2n) is 8.38. The Balaban J connectivity index is 1.59. The van der Waals surface area contributed by atoms with Gasteiger partial charge in [0.2, 0.25) is 0 Å². The molecule has 2 aliphatic heterocycles. The fourth-order valence-electron chi connectivity index (χ4n) is 4.07. The molecule has 4 rings (SSSR count). The van der Waals surface area contributed by atoms with E-state index in [1.165, 1.54) is 0 Å². The highest BCUT2D eigenvalue weighted by molar-refractivity contribution is 6.02. The van der Waals surface area contributed by atoms with Crippen LogP contribution in [0, 0.1) is 6.92 Å². The van der Waals surface area contributed by atoms with Gasteiger partial charge in [0.05, 0.1) is 28.7 Å². The second kappa shape index (κ2) is 7.68. The number of ether oxygens (including phenoxy) is 1. The molecular weight excluding hydrogens is 396 g/mol. The van der Waals surface area contributed by atoms with Gasteiger partial charge in [0.15, 0.2) is 5.60 Å². The monoisotopic (exact) mass is 422 g/mol. The number of hydrogen-bond acceptors (Lipinski definition) is 5. The number of hydrogen-bond donors (Lipinski definition) is 2. The van der Waals surface area contributed by atoms with Gasteiger partial charge < -0.3 is 20.3 Å². The van der Waals surface area contributed by atoms with Crippen LogP contribution in [0.15, 0.2) is 30.3 Å². The largest absolute Gasteiger partial charge is 0.476 e. The van der Waals surface area contributed by atoms with Crippen molar-refractivity contribution < 1.29 is 19.1 Å². The van der Waals surface area contributed by atoms with Crippen LogP contribution in [0.25, 0.3) is 0 Å². The number of pyridine rings is 1. The van der Waals surface area contributed by atoms with Crippen LogP contribution < -0.4 is 15.4 Å². The van der Waals surface area contributed by atoms with Crippen LogP contribution in [0.5, 0.6) is 5.75 Å². The van der Waals surface area contributed by atoms with Crippen LogP contribution in [0.4, 0.5) is 5.69 Å². The molecule has 1 atom stereocenters. The van der Waals surface area contributed by atoms with Gasteiger partial charge in [-0.3, -0.25) is 19.4 Å². The molecule has 3 amide bonds. The molecule has 3 heterocycles. The van der Waals surface area contributed by atoms with Gasteiger partial charge in [0.25, 0.3) is 17.7 Å². The Bertz CT molecular complexity index is 1080. The summed E-state index contributed by atoms with van der Waals surface area (Å²) in [6, 6.07) is 8.51. The molecule has 2 aliphatic rings. The number of rotatable bonds is 3. The van der Waals surface area contributed by atoms with Gasteiger partial charge >= 0.3 is 0 Å². The SMILES string of the molecule is CNC(=O)c1ccc([C@@H]2CCCN2C(=O)c2ccc3c(c2)NC(=O)C(C)(C)O3)nc1C. The van der Waals surface area contributed by atoms with E-state index in [4.69, 9.17) is 4.74 Å². The van der Waals surface area contributed by atoms with Crippen LogP contribution in [0.2, 0.25) is 0 Å². The normalized spacial score (nSPS) is 19.3. The zero-order chi connectivity index (χ0) is 22.3. The third kappa shape index (κ3) is 3.73. The van der Waals surface area contributed by atoms with Gasteiger partial charge in [0, 0.05) is 19.2 Å². The zero-order valence-corrected chi connectivity index (χ0v) is 18.1. The molecule has 0 spiro atoms. The topological polar surface area (TPSA) is 101 Å². The molecule has 2 aromatic rings. The van der Waals surface area contributed by atoms with Gasteiger partial charge in [0.1, 0.15) is 5.75 Å². The van der Waals surface area contributed by atoms with E-state index in [0.29, 0.717) is 34.8 Å². The molecule has 1 fully saturated rings. The molecule has 162 valence electrons. The predicted octanol–water partition coefficient (Wildman–Crippen LogP) is 2.84. The van der Waals surface area contributed by atoms with Crippen molar-refractivity contribution in [2.24, 2.45) is 0 Å². The van der Waals surface area contributed by atoms with Gasteiger partial charge in [-0.15, -0.1) is 0 Å². The van der Waals surface area contributed by atoms with E-state index < -0.39 is 5.60 Å². The van der Waals surface area contributed by atoms with Crippen molar-refractivity contribution in [1.29, 1.82) is 0 Å². The molecular formula is C23H26N4O4. The average molecular weight is 422 g/mol. The Labute approximate surface area is 181 Å². The lowest BCUT2D eigenvalue weighted by molar-refractivity contribution is -0.129. The lowest BCUT2D eigenvalue weighted by Crippen LogP contribution is -2.45. The number of fused-ring (bicyclic) bond motifs is 1. The van der Waals surface area contributed by atoms with Crippen molar-refractivity contribution in [3.63, 3.8) is 0 Å². The van der Waals surface area contributed by atoms with E-state index in [2.05, 4.69) is 15.6 Å². The fourth-order valence-corrected chi connectivity index (χ4v) is 4.07. The Hall–Kier alpha value is -3.42. The van der Waals surface area contributed by atoms with Gasteiger partial charge in [-0.25, -0.2) is 0 Å². The minimum atomic E-state index is -0.955. The van der Waals surface area contributed by atoms with Crippen molar-refractivity contribution in [1.82, 2.24) is 15.2 Å². The maximum atomic E-state index is 13.3. The Morgan fingerprint density at radius 2 is 2.03 bits per heavy atom. The summed E-state index contributed by atoms with van der Waals surface area (Å²) >= 11 is 0. The quantitative estimate of drug-likeness (QED) is 0.792. The molecule has 1 aromatic carbocycles. The number of carbonyl (C=O) groups excluding carboxylic acids is 3. The Morgan fingerprint density at radius 3 is 2.74 bits per heavy atom. The summed E-state index contributed by atoms with van der Waals surface area (Å²) in [5.74, 6) is -0.0163. The molecule has 1 saturated heterocycles. The molecule has 31 heavy (non-hydrogen) atoms. The maximum absolute atomic E-state index is 13.3.